The molecule has 0 saturated carbocycles. The second kappa shape index (κ2) is 6.02. The van der Waals surface area contributed by atoms with Crippen LogP contribution in [0.5, 0.6) is 0 Å². The van der Waals surface area contributed by atoms with E-state index in [9.17, 15) is 13.2 Å². The highest BCUT2D eigenvalue weighted by Gasteiger charge is 2.11. The van der Waals surface area contributed by atoms with Crippen molar-refractivity contribution in [1.29, 1.82) is 0 Å². The summed E-state index contributed by atoms with van der Waals surface area (Å²) >= 11 is 0. The lowest BCUT2D eigenvalue weighted by atomic mass is 10.1. The molecule has 0 atom stereocenters. The van der Waals surface area contributed by atoms with Gasteiger partial charge in [-0.25, -0.2) is 4.79 Å². The van der Waals surface area contributed by atoms with Gasteiger partial charge in [0.1, 0.15) is 0 Å². The van der Waals surface area contributed by atoms with Crippen LogP contribution in [0.4, 0.5) is 0 Å². The summed E-state index contributed by atoms with van der Waals surface area (Å²) in [6.45, 7) is -0.0537. The second-order valence-corrected chi connectivity index (χ2v) is 5.87. The number of esters is 1. The van der Waals surface area contributed by atoms with Gasteiger partial charge in [-0.05, 0) is 23.3 Å². The van der Waals surface area contributed by atoms with Crippen molar-refractivity contribution in [3.8, 4) is 0 Å². The van der Waals surface area contributed by atoms with E-state index in [0.29, 0.717) is 5.56 Å². The Bertz CT molecular complexity index is 716. The van der Waals surface area contributed by atoms with E-state index in [1.807, 2.05) is 30.3 Å². The van der Waals surface area contributed by atoms with E-state index >= 15 is 0 Å². The second-order valence-electron chi connectivity index (χ2n) is 4.30. The first-order chi connectivity index (χ1) is 9.47. The van der Waals surface area contributed by atoms with E-state index in [0.717, 1.165) is 10.8 Å². The normalized spacial score (nSPS) is 11.4. The average Bonchev–Trinajstić information content (AvgIpc) is 2.41. The fraction of sp³-hybridized carbons (Fsp3) is 0.214. The highest BCUT2D eigenvalue weighted by molar-refractivity contribution is 7.85. The fourth-order valence-corrected chi connectivity index (χ4v) is 2.37. The smallest absolute Gasteiger partial charge is 0.338 e. The van der Waals surface area contributed by atoms with Crippen LogP contribution in [-0.2, 0) is 14.9 Å². The van der Waals surface area contributed by atoms with Crippen molar-refractivity contribution in [3.05, 3.63) is 48.0 Å². The Labute approximate surface area is 116 Å². The van der Waals surface area contributed by atoms with E-state index in [2.05, 4.69) is 0 Å². The standard InChI is InChI=1S/C14H14O5S/c15-14(19-9-4-10-20(16,17)18)13-8-3-6-11-5-1-2-7-12(11)13/h1-3,5-8H,4,9-10H2,(H,16,17,18). The number of hydrogen-bond donors (Lipinski definition) is 1. The topological polar surface area (TPSA) is 80.7 Å². The zero-order valence-electron chi connectivity index (χ0n) is 10.7. The van der Waals surface area contributed by atoms with Gasteiger partial charge in [-0.15, -0.1) is 0 Å². The summed E-state index contributed by atoms with van der Waals surface area (Å²) in [6, 6.07) is 12.7. The van der Waals surface area contributed by atoms with E-state index in [1.165, 1.54) is 0 Å². The molecule has 0 heterocycles. The Kier molecular flexibility index (Phi) is 4.36. The van der Waals surface area contributed by atoms with Crippen molar-refractivity contribution < 1.29 is 22.5 Å². The zero-order valence-corrected chi connectivity index (χ0v) is 11.5. The van der Waals surface area contributed by atoms with E-state index in [4.69, 9.17) is 9.29 Å². The third-order valence-electron chi connectivity index (χ3n) is 2.79. The molecule has 0 radical (unpaired) electrons. The van der Waals surface area contributed by atoms with Gasteiger partial charge in [-0.2, -0.15) is 8.42 Å². The van der Waals surface area contributed by atoms with Crippen molar-refractivity contribution in [1.82, 2.24) is 0 Å². The quantitative estimate of drug-likeness (QED) is 0.520. The summed E-state index contributed by atoms with van der Waals surface area (Å²) in [5, 5.41) is 1.72. The molecule has 0 aromatic heterocycles. The highest BCUT2D eigenvalue weighted by Crippen LogP contribution is 2.19. The molecule has 0 amide bonds. The minimum Gasteiger partial charge on any atom is -0.462 e. The van der Waals surface area contributed by atoms with E-state index in [-0.39, 0.29) is 13.0 Å². The lowest BCUT2D eigenvalue weighted by Crippen LogP contribution is -2.11. The van der Waals surface area contributed by atoms with Gasteiger partial charge < -0.3 is 4.74 Å². The van der Waals surface area contributed by atoms with Gasteiger partial charge in [0.2, 0.25) is 0 Å². The number of benzene rings is 2. The number of carbonyl (C=O) groups excluding carboxylic acids is 1. The number of carbonyl (C=O) groups is 1. The van der Waals surface area contributed by atoms with Crippen LogP contribution < -0.4 is 0 Å². The summed E-state index contributed by atoms with van der Waals surface area (Å²) in [6.07, 6.45) is 0.0648. The lowest BCUT2D eigenvalue weighted by molar-refractivity contribution is 0.0507. The summed E-state index contributed by atoms with van der Waals surface area (Å²) in [4.78, 5) is 11.9. The average molecular weight is 294 g/mol. The molecule has 2 rings (SSSR count). The summed E-state index contributed by atoms with van der Waals surface area (Å²) < 4.78 is 34.7. The molecule has 0 fully saturated rings. The number of hydrogen-bond acceptors (Lipinski definition) is 4. The first kappa shape index (κ1) is 14.5. The Hall–Kier alpha value is -1.92. The van der Waals surface area contributed by atoms with Crippen molar-refractivity contribution in [2.45, 2.75) is 6.42 Å². The molecule has 2 aromatic carbocycles. The molecule has 0 bridgehead atoms. The predicted octanol–water partition coefficient (Wildman–Crippen LogP) is 2.27. The monoisotopic (exact) mass is 294 g/mol. The maximum absolute atomic E-state index is 11.9. The molecule has 6 heteroatoms. The maximum Gasteiger partial charge on any atom is 0.338 e. The molecule has 0 unspecified atom stereocenters. The molecule has 1 N–H and O–H groups in total. The van der Waals surface area contributed by atoms with Gasteiger partial charge >= 0.3 is 5.97 Å². The van der Waals surface area contributed by atoms with E-state index < -0.39 is 21.8 Å². The predicted molar refractivity (Wildman–Crippen MR) is 75.3 cm³/mol. The van der Waals surface area contributed by atoms with Crippen LogP contribution in [0.2, 0.25) is 0 Å². The Morgan fingerprint density at radius 2 is 1.80 bits per heavy atom. The van der Waals surface area contributed by atoms with Crippen LogP contribution in [0.25, 0.3) is 10.8 Å². The SMILES string of the molecule is O=C(OCCCS(=O)(=O)O)c1cccc2ccccc12. The Morgan fingerprint density at radius 1 is 1.10 bits per heavy atom. The summed E-state index contributed by atoms with van der Waals surface area (Å²) in [7, 11) is -4.01. The molecule has 0 aliphatic heterocycles. The van der Waals surface area contributed by atoms with Crippen molar-refractivity contribution in [3.63, 3.8) is 0 Å². The van der Waals surface area contributed by atoms with Gasteiger partial charge in [0, 0.05) is 0 Å². The maximum atomic E-state index is 11.9. The van der Waals surface area contributed by atoms with E-state index in [1.54, 1.807) is 12.1 Å². The Morgan fingerprint density at radius 3 is 2.55 bits per heavy atom. The number of rotatable bonds is 5. The van der Waals surface area contributed by atoms with Gasteiger partial charge in [0.15, 0.2) is 0 Å². The van der Waals surface area contributed by atoms with Crippen LogP contribution in [0.1, 0.15) is 16.8 Å². The van der Waals surface area contributed by atoms with Crippen LogP contribution in [0.15, 0.2) is 42.5 Å². The van der Waals surface area contributed by atoms with Gasteiger partial charge in [-0.1, -0.05) is 36.4 Å². The third kappa shape index (κ3) is 3.79. The molecular formula is C14H14O5S. The number of fused-ring (bicyclic) bond motifs is 1. The minimum absolute atomic E-state index is 0.0537. The molecule has 0 saturated heterocycles. The number of ether oxygens (including phenoxy) is 1. The molecule has 20 heavy (non-hydrogen) atoms. The molecule has 2 aromatic rings. The van der Waals surface area contributed by atoms with Gasteiger partial charge in [0.05, 0.1) is 17.9 Å². The fourth-order valence-electron chi connectivity index (χ4n) is 1.89. The molecule has 0 aliphatic rings. The van der Waals surface area contributed by atoms with Crippen molar-refractivity contribution in [2.75, 3.05) is 12.4 Å². The van der Waals surface area contributed by atoms with Gasteiger partial charge in [0.25, 0.3) is 10.1 Å². The first-order valence-electron chi connectivity index (χ1n) is 6.07. The highest BCUT2D eigenvalue weighted by atomic mass is 32.2. The molecular weight excluding hydrogens is 280 g/mol. The van der Waals surface area contributed by atoms with Gasteiger partial charge in [-0.3, -0.25) is 4.55 Å². The molecule has 106 valence electrons. The van der Waals surface area contributed by atoms with Crippen LogP contribution in [0, 0.1) is 0 Å². The minimum atomic E-state index is -4.01. The molecule has 0 spiro atoms. The molecule has 5 nitrogen and oxygen atoms in total. The summed E-state index contributed by atoms with van der Waals surface area (Å²) in [5.74, 6) is -0.923. The van der Waals surface area contributed by atoms with Crippen LogP contribution in [0.3, 0.4) is 0 Å². The third-order valence-corrected chi connectivity index (χ3v) is 3.59. The van der Waals surface area contributed by atoms with Crippen molar-refractivity contribution >= 4 is 26.9 Å². The molecule has 0 aliphatic carbocycles. The first-order valence-corrected chi connectivity index (χ1v) is 7.68. The zero-order chi connectivity index (χ0) is 14.6. The van der Waals surface area contributed by atoms with Crippen LogP contribution >= 0.6 is 0 Å². The largest absolute Gasteiger partial charge is 0.462 e. The Balaban J connectivity index is 2.05. The van der Waals surface area contributed by atoms with Crippen LogP contribution in [-0.4, -0.2) is 31.3 Å². The van der Waals surface area contributed by atoms with Crippen molar-refractivity contribution in [2.24, 2.45) is 0 Å². The summed E-state index contributed by atoms with van der Waals surface area (Å²) in [5.41, 5.74) is 0.440. The lowest BCUT2D eigenvalue weighted by Gasteiger charge is -2.07.